The number of hydrogen-bond acceptors (Lipinski definition) is 3. The molecule has 0 aliphatic heterocycles. The van der Waals surface area contributed by atoms with Crippen molar-refractivity contribution < 1.29 is 9.72 Å². The van der Waals surface area contributed by atoms with Gasteiger partial charge in [0.25, 0.3) is 11.6 Å². The van der Waals surface area contributed by atoms with Gasteiger partial charge in [0, 0.05) is 12.1 Å². The lowest BCUT2D eigenvalue weighted by Gasteiger charge is -2.19. The second-order valence-corrected chi connectivity index (χ2v) is 6.53. The van der Waals surface area contributed by atoms with Gasteiger partial charge in [-0.3, -0.25) is 14.9 Å². The van der Waals surface area contributed by atoms with E-state index in [1.165, 1.54) is 18.2 Å². The van der Waals surface area contributed by atoms with Crippen molar-refractivity contribution in [3.8, 4) is 0 Å². The summed E-state index contributed by atoms with van der Waals surface area (Å²) in [7, 11) is 0. The van der Waals surface area contributed by atoms with Gasteiger partial charge in [-0.25, -0.2) is 0 Å². The Hall–Kier alpha value is -2.40. The van der Waals surface area contributed by atoms with E-state index in [0.29, 0.717) is 5.92 Å². The van der Waals surface area contributed by atoms with Crippen LogP contribution in [0.15, 0.2) is 42.5 Å². The van der Waals surface area contributed by atoms with Gasteiger partial charge in [0.05, 0.1) is 21.6 Å². The zero-order valence-corrected chi connectivity index (χ0v) is 13.9. The third-order valence-electron chi connectivity index (χ3n) is 4.22. The van der Waals surface area contributed by atoms with Gasteiger partial charge in [0.1, 0.15) is 0 Å². The monoisotopic (exact) mass is 344 g/mol. The number of nitrogens with zero attached hydrogens (tertiary/aromatic N) is 1. The summed E-state index contributed by atoms with van der Waals surface area (Å²) in [5.74, 6) is 0.112. The first-order chi connectivity index (χ1) is 11.5. The summed E-state index contributed by atoms with van der Waals surface area (Å²) >= 11 is 6.05. The van der Waals surface area contributed by atoms with Crippen molar-refractivity contribution in [3.63, 3.8) is 0 Å². The Kier molecular flexibility index (Phi) is 4.53. The Morgan fingerprint density at radius 1 is 1.25 bits per heavy atom. The highest BCUT2D eigenvalue weighted by atomic mass is 35.5. The van der Waals surface area contributed by atoms with Gasteiger partial charge < -0.3 is 5.32 Å². The fourth-order valence-electron chi connectivity index (χ4n) is 2.70. The maximum Gasteiger partial charge on any atom is 0.270 e. The van der Waals surface area contributed by atoms with E-state index in [9.17, 15) is 14.9 Å². The van der Waals surface area contributed by atoms with Crippen LogP contribution in [0, 0.1) is 23.0 Å². The molecule has 6 heteroatoms. The summed E-state index contributed by atoms with van der Waals surface area (Å²) in [6, 6.07) is 11.9. The van der Waals surface area contributed by atoms with Crippen LogP contribution >= 0.6 is 11.6 Å². The normalized spacial score (nSPS) is 14.9. The summed E-state index contributed by atoms with van der Waals surface area (Å²) < 4.78 is 0. The molecule has 0 spiro atoms. The Labute approximate surface area is 144 Å². The Bertz CT molecular complexity index is 785. The molecule has 0 aromatic heterocycles. The first-order valence-corrected chi connectivity index (χ1v) is 8.15. The Morgan fingerprint density at radius 3 is 2.46 bits per heavy atom. The zero-order chi connectivity index (χ0) is 17.3. The van der Waals surface area contributed by atoms with E-state index >= 15 is 0 Å². The molecule has 0 radical (unpaired) electrons. The van der Waals surface area contributed by atoms with Crippen LogP contribution in [0.1, 0.15) is 40.4 Å². The summed E-state index contributed by atoms with van der Waals surface area (Å²) in [5.41, 5.74) is 2.35. The molecule has 2 aromatic rings. The summed E-state index contributed by atoms with van der Waals surface area (Å²) in [5, 5.41) is 13.9. The minimum atomic E-state index is -0.535. The van der Waals surface area contributed by atoms with Crippen LogP contribution in [-0.4, -0.2) is 10.8 Å². The maximum absolute atomic E-state index is 12.6. The van der Waals surface area contributed by atoms with E-state index in [2.05, 4.69) is 5.32 Å². The largest absolute Gasteiger partial charge is 0.345 e. The molecule has 1 atom stereocenters. The molecule has 1 aliphatic carbocycles. The molecule has 3 rings (SSSR count). The molecular weight excluding hydrogens is 328 g/mol. The van der Waals surface area contributed by atoms with Crippen LogP contribution in [0.25, 0.3) is 0 Å². The topological polar surface area (TPSA) is 72.2 Å². The molecule has 0 saturated heterocycles. The van der Waals surface area contributed by atoms with E-state index in [-0.39, 0.29) is 28.2 Å². The predicted octanol–water partition coefficient (Wildman–Crippen LogP) is 4.44. The molecule has 0 bridgehead atoms. The highest BCUT2D eigenvalue weighted by Crippen LogP contribution is 2.41. The van der Waals surface area contributed by atoms with Crippen molar-refractivity contribution in [2.45, 2.75) is 25.8 Å². The van der Waals surface area contributed by atoms with Crippen molar-refractivity contribution in [1.29, 1.82) is 0 Å². The van der Waals surface area contributed by atoms with Gasteiger partial charge in [0.2, 0.25) is 0 Å². The zero-order valence-electron chi connectivity index (χ0n) is 13.2. The molecular formula is C18H17ClN2O3. The molecule has 0 heterocycles. The number of nitro benzene ring substituents is 1. The van der Waals surface area contributed by atoms with Crippen LogP contribution in [-0.2, 0) is 0 Å². The number of nitro groups is 1. The summed E-state index contributed by atoms with van der Waals surface area (Å²) in [6.07, 6.45) is 2.15. The van der Waals surface area contributed by atoms with Gasteiger partial charge in [-0.1, -0.05) is 41.4 Å². The first-order valence-electron chi connectivity index (χ1n) is 7.77. The van der Waals surface area contributed by atoms with E-state index in [4.69, 9.17) is 11.6 Å². The third-order valence-corrected chi connectivity index (χ3v) is 4.54. The number of benzene rings is 2. The molecule has 1 saturated carbocycles. The highest BCUT2D eigenvalue weighted by molar-refractivity contribution is 6.34. The smallest absolute Gasteiger partial charge is 0.270 e. The predicted molar refractivity (Wildman–Crippen MR) is 92.2 cm³/mol. The number of aryl methyl sites for hydroxylation is 1. The molecule has 2 aromatic carbocycles. The lowest BCUT2D eigenvalue weighted by Crippen LogP contribution is -2.30. The van der Waals surface area contributed by atoms with Crippen molar-refractivity contribution >= 4 is 23.2 Å². The van der Waals surface area contributed by atoms with Crippen LogP contribution in [0.2, 0.25) is 5.02 Å². The lowest BCUT2D eigenvalue weighted by atomic mass is 10.0. The Balaban J connectivity index is 1.81. The van der Waals surface area contributed by atoms with Gasteiger partial charge in [0.15, 0.2) is 0 Å². The van der Waals surface area contributed by atoms with Crippen molar-refractivity contribution in [1.82, 2.24) is 5.32 Å². The molecule has 1 unspecified atom stereocenters. The maximum atomic E-state index is 12.6. The number of carbonyl (C=O) groups is 1. The second kappa shape index (κ2) is 6.61. The SMILES string of the molecule is Cc1ccc(C(NC(=O)c2ccc([N+](=O)[O-])cc2Cl)C2CC2)cc1. The highest BCUT2D eigenvalue weighted by Gasteiger charge is 2.33. The van der Waals surface area contributed by atoms with Crippen molar-refractivity contribution in [3.05, 3.63) is 74.3 Å². The number of nitrogens with one attached hydrogen (secondary N) is 1. The molecule has 5 nitrogen and oxygen atoms in total. The molecule has 1 aliphatic rings. The number of rotatable bonds is 5. The molecule has 124 valence electrons. The van der Waals surface area contributed by atoms with Gasteiger partial charge in [-0.15, -0.1) is 0 Å². The fourth-order valence-corrected chi connectivity index (χ4v) is 2.96. The number of carbonyl (C=O) groups excluding carboxylic acids is 1. The molecule has 1 N–H and O–H groups in total. The van der Waals surface area contributed by atoms with Gasteiger partial charge >= 0.3 is 0 Å². The summed E-state index contributed by atoms with van der Waals surface area (Å²) in [6.45, 7) is 2.02. The average Bonchev–Trinajstić information content (AvgIpc) is 3.38. The number of hydrogen-bond donors (Lipinski definition) is 1. The summed E-state index contributed by atoms with van der Waals surface area (Å²) in [4.78, 5) is 22.8. The Morgan fingerprint density at radius 2 is 1.92 bits per heavy atom. The van der Waals surface area contributed by atoms with E-state index in [1.807, 2.05) is 31.2 Å². The van der Waals surface area contributed by atoms with E-state index in [1.54, 1.807) is 0 Å². The standard InChI is InChI=1S/C18H17ClN2O3/c1-11-2-4-12(5-3-11)17(13-6-7-13)20-18(22)15-9-8-14(21(23)24)10-16(15)19/h2-5,8-10,13,17H,6-7H2,1H3,(H,20,22). The first kappa shape index (κ1) is 16.5. The van der Waals surface area contributed by atoms with Crippen LogP contribution in [0.5, 0.6) is 0 Å². The number of halogens is 1. The minimum Gasteiger partial charge on any atom is -0.345 e. The van der Waals surface area contributed by atoms with Crippen LogP contribution in [0.3, 0.4) is 0 Å². The number of non-ortho nitro benzene ring substituents is 1. The van der Waals surface area contributed by atoms with Crippen molar-refractivity contribution in [2.24, 2.45) is 5.92 Å². The molecule has 1 fully saturated rings. The average molecular weight is 345 g/mol. The van der Waals surface area contributed by atoms with Gasteiger partial charge in [-0.2, -0.15) is 0 Å². The number of amides is 1. The second-order valence-electron chi connectivity index (χ2n) is 6.12. The molecule has 1 amide bonds. The van der Waals surface area contributed by atoms with Crippen molar-refractivity contribution in [2.75, 3.05) is 0 Å². The molecule has 24 heavy (non-hydrogen) atoms. The van der Waals surface area contributed by atoms with E-state index in [0.717, 1.165) is 24.0 Å². The quantitative estimate of drug-likeness (QED) is 0.643. The van der Waals surface area contributed by atoms with Gasteiger partial charge in [-0.05, 0) is 37.3 Å². The van der Waals surface area contributed by atoms with Crippen LogP contribution in [0.4, 0.5) is 5.69 Å². The van der Waals surface area contributed by atoms with E-state index < -0.39 is 4.92 Å². The van der Waals surface area contributed by atoms with Crippen LogP contribution < -0.4 is 5.32 Å². The minimum absolute atomic E-state index is 0.0654. The third kappa shape index (κ3) is 3.57. The fraction of sp³-hybridized carbons (Fsp3) is 0.278. The lowest BCUT2D eigenvalue weighted by molar-refractivity contribution is -0.384.